The molecule has 1 amide bonds. The van der Waals surface area contributed by atoms with E-state index in [9.17, 15) is 18.7 Å². The molecule has 3 aromatic rings. The van der Waals surface area contributed by atoms with E-state index in [0.717, 1.165) is 12.1 Å². The number of carbonyl (C=O) groups excluding carboxylic acids is 1. The highest BCUT2D eigenvalue weighted by Gasteiger charge is 2.10. The Kier molecular flexibility index (Phi) is 3.53. The van der Waals surface area contributed by atoms with Crippen LogP contribution in [0.25, 0.3) is 11.0 Å². The Labute approximate surface area is 128 Å². The highest BCUT2D eigenvalue weighted by Crippen LogP contribution is 2.20. The van der Waals surface area contributed by atoms with Crippen molar-refractivity contribution in [2.45, 2.75) is 0 Å². The van der Waals surface area contributed by atoms with Crippen molar-refractivity contribution < 1.29 is 23.1 Å². The van der Waals surface area contributed by atoms with Crippen LogP contribution in [0, 0.1) is 11.6 Å². The zero-order valence-electron chi connectivity index (χ0n) is 11.6. The Morgan fingerprint density at radius 2 is 1.78 bits per heavy atom. The van der Waals surface area contributed by atoms with Crippen molar-refractivity contribution in [2.75, 3.05) is 0 Å². The Morgan fingerprint density at radius 1 is 1.09 bits per heavy atom. The Hall–Kier alpha value is -3.22. The number of hydrogen-bond acceptors (Lipinski definition) is 4. The van der Waals surface area contributed by atoms with Crippen LogP contribution in [0.1, 0.15) is 10.4 Å². The van der Waals surface area contributed by atoms with Crippen molar-refractivity contribution in [3.63, 3.8) is 0 Å². The molecule has 0 saturated carbocycles. The molecule has 0 fully saturated rings. The fourth-order valence-corrected chi connectivity index (χ4v) is 2.09. The van der Waals surface area contributed by atoms with E-state index in [4.69, 9.17) is 10.2 Å². The highest BCUT2D eigenvalue weighted by molar-refractivity contribution is 5.95. The van der Waals surface area contributed by atoms with Gasteiger partial charge in [0.1, 0.15) is 28.5 Å². The average molecular weight is 316 g/mol. The van der Waals surface area contributed by atoms with Crippen molar-refractivity contribution in [2.24, 2.45) is 10.7 Å². The summed E-state index contributed by atoms with van der Waals surface area (Å²) in [7, 11) is 0. The van der Waals surface area contributed by atoms with Gasteiger partial charge in [-0.25, -0.2) is 13.8 Å². The fourth-order valence-electron chi connectivity index (χ4n) is 2.09. The molecule has 3 N–H and O–H groups in total. The van der Waals surface area contributed by atoms with Crippen molar-refractivity contribution >= 4 is 22.6 Å². The first-order valence-electron chi connectivity index (χ1n) is 6.50. The minimum atomic E-state index is -0.817. The van der Waals surface area contributed by atoms with Crippen molar-refractivity contribution in [3.8, 4) is 5.75 Å². The van der Waals surface area contributed by atoms with Crippen molar-refractivity contribution in [1.29, 1.82) is 0 Å². The third kappa shape index (κ3) is 3.03. The lowest BCUT2D eigenvalue weighted by atomic mass is 10.1. The SMILES string of the molecule is NC(=O)c1cc2ccc(O)cc2oc1=Nc1cc(F)cc(F)c1. The van der Waals surface area contributed by atoms with Gasteiger partial charge in [-0.15, -0.1) is 0 Å². The van der Waals surface area contributed by atoms with Gasteiger partial charge in [0.25, 0.3) is 5.91 Å². The standard InChI is InChI=1S/C16H10F2N2O3/c17-9-4-10(18)6-11(5-9)20-16-13(15(19)22)3-8-1-2-12(21)7-14(8)23-16/h1-7,21H,(H2,19,22). The number of rotatable bonds is 2. The predicted octanol–water partition coefficient (Wildman–Crippen LogP) is 2.75. The molecule has 0 saturated heterocycles. The van der Waals surface area contributed by atoms with Gasteiger partial charge in [-0.2, -0.15) is 0 Å². The maximum absolute atomic E-state index is 13.2. The van der Waals surface area contributed by atoms with E-state index in [1.54, 1.807) is 0 Å². The zero-order chi connectivity index (χ0) is 16.6. The number of halogens is 2. The molecule has 0 aliphatic carbocycles. The lowest BCUT2D eigenvalue weighted by molar-refractivity contribution is 0.0996. The molecule has 116 valence electrons. The first-order valence-corrected chi connectivity index (χ1v) is 6.50. The number of phenols is 1. The van der Waals surface area contributed by atoms with E-state index >= 15 is 0 Å². The number of aromatic hydroxyl groups is 1. The van der Waals surface area contributed by atoms with Gasteiger partial charge in [-0.1, -0.05) is 0 Å². The van der Waals surface area contributed by atoms with E-state index in [2.05, 4.69) is 4.99 Å². The third-order valence-electron chi connectivity index (χ3n) is 3.08. The molecule has 0 bridgehead atoms. The number of primary amides is 1. The lowest BCUT2D eigenvalue weighted by Gasteiger charge is -2.03. The van der Waals surface area contributed by atoms with Crippen LogP contribution in [0.5, 0.6) is 5.75 Å². The molecule has 0 radical (unpaired) electrons. The minimum Gasteiger partial charge on any atom is -0.508 e. The topological polar surface area (TPSA) is 88.8 Å². The summed E-state index contributed by atoms with van der Waals surface area (Å²) in [6, 6.07) is 8.36. The quantitative estimate of drug-likeness (QED) is 0.762. The zero-order valence-corrected chi connectivity index (χ0v) is 11.6. The number of benzene rings is 2. The molecular formula is C16H10F2N2O3. The van der Waals surface area contributed by atoms with E-state index in [-0.39, 0.29) is 28.1 Å². The van der Waals surface area contributed by atoms with Crippen LogP contribution in [0.4, 0.5) is 14.5 Å². The Morgan fingerprint density at radius 3 is 2.43 bits per heavy atom. The normalized spacial score (nSPS) is 11.8. The lowest BCUT2D eigenvalue weighted by Crippen LogP contribution is -2.21. The summed E-state index contributed by atoms with van der Waals surface area (Å²) in [6.45, 7) is 0. The Balaban J connectivity index is 2.31. The molecule has 1 heterocycles. The minimum absolute atomic E-state index is 0.0455. The van der Waals surface area contributed by atoms with Gasteiger partial charge >= 0.3 is 0 Å². The second kappa shape index (κ2) is 5.53. The van der Waals surface area contributed by atoms with Gasteiger partial charge in [0.15, 0.2) is 0 Å². The number of fused-ring (bicyclic) bond motifs is 1. The molecule has 0 unspecified atom stereocenters. The summed E-state index contributed by atoms with van der Waals surface area (Å²) in [4.78, 5) is 15.5. The van der Waals surface area contributed by atoms with Gasteiger partial charge in [0.2, 0.25) is 5.55 Å². The molecule has 0 aliphatic rings. The molecule has 3 rings (SSSR count). The van der Waals surface area contributed by atoms with Gasteiger partial charge in [-0.05, 0) is 30.3 Å². The predicted molar refractivity (Wildman–Crippen MR) is 78.0 cm³/mol. The van der Waals surface area contributed by atoms with E-state index in [1.165, 1.54) is 24.3 Å². The van der Waals surface area contributed by atoms with Gasteiger partial charge in [-0.3, -0.25) is 4.79 Å². The summed E-state index contributed by atoms with van der Waals surface area (Å²) in [5.41, 5.74) is 5.20. The largest absolute Gasteiger partial charge is 0.508 e. The molecule has 1 aromatic heterocycles. The molecule has 0 atom stereocenters. The number of phenolic OH excluding ortho intramolecular Hbond substituents is 1. The molecular weight excluding hydrogens is 306 g/mol. The van der Waals surface area contributed by atoms with E-state index in [0.29, 0.717) is 11.5 Å². The highest BCUT2D eigenvalue weighted by atomic mass is 19.1. The van der Waals surface area contributed by atoms with Crippen LogP contribution in [0.15, 0.2) is 51.9 Å². The smallest absolute Gasteiger partial charge is 0.254 e. The van der Waals surface area contributed by atoms with Crippen LogP contribution >= 0.6 is 0 Å². The third-order valence-corrected chi connectivity index (χ3v) is 3.08. The average Bonchev–Trinajstić information content (AvgIpc) is 2.45. The first kappa shape index (κ1) is 14.7. The van der Waals surface area contributed by atoms with E-state index in [1.807, 2.05) is 0 Å². The summed E-state index contributed by atoms with van der Waals surface area (Å²) in [5, 5.41) is 10.00. The van der Waals surface area contributed by atoms with Gasteiger partial charge in [0.05, 0.1) is 5.69 Å². The summed E-state index contributed by atoms with van der Waals surface area (Å²) in [5.74, 6) is -2.49. The summed E-state index contributed by atoms with van der Waals surface area (Å²) < 4.78 is 31.9. The van der Waals surface area contributed by atoms with Crippen molar-refractivity contribution in [3.05, 3.63) is 65.2 Å². The molecule has 5 nitrogen and oxygen atoms in total. The Bertz CT molecular complexity index is 976. The monoisotopic (exact) mass is 316 g/mol. The first-order chi connectivity index (χ1) is 10.9. The van der Waals surface area contributed by atoms with Gasteiger partial charge in [0, 0.05) is 17.5 Å². The molecule has 0 aliphatic heterocycles. The maximum atomic E-state index is 13.2. The molecule has 2 aromatic carbocycles. The number of amides is 1. The molecule has 0 spiro atoms. The molecule has 23 heavy (non-hydrogen) atoms. The van der Waals surface area contributed by atoms with Crippen LogP contribution in [-0.4, -0.2) is 11.0 Å². The van der Waals surface area contributed by atoms with Crippen LogP contribution in [0.2, 0.25) is 0 Å². The number of nitrogens with zero attached hydrogens (tertiary/aromatic N) is 1. The summed E-state index contributed by atoms with van der Waals surface area (Å²) >= 11 is 0. The van der Waals surface area contributed by atoms with Gasteiger partial charge < -0.3 is 15.3 Å². The van der Waals surface area contributed by atoms with Crippen LogP contribution in [-0.2, 0) is 0 Å². The van der Waals surface area contributed by atoms with Crippen LogP contribution < -0.4 is 11.3 Å². The maximum Gasteiger partial charge on any atom is 0.254 e. The summed E-state index contributed by atoms with van der Waals surface area (Å²) in [6.07, 6.45) is 0. The van der Waals surface area contributed by atoms with E-state index < -0.39 is 17.5 Å². The molecule has 7 heteroatoms. The number of hydrogen-bond donors (Lipinski definition) is 2. The fraction of sp³-hybridized carbons (Fsp3) is 0. The van der Waals surface area contributed by atoms with Crippen molar-refractivity contribution in [1.82, 2.24) is 0 Å². The number of carbonyl (C=O) groups is 1. The second-order valence-corrected chi connectivity index (χ2v) is 4.79. The second-order valence-electron chi connectivity index (χ2n) is 4.79. The number of nitrogens with two attached hydrogens (primary N) is 1. The van der Waals surface area contributed by atoms with Crippen LogP contribution in [0.3, 0.4) is 0 Å².